The van der Waals surface area contributed by atoms with Gasteiger partial charge in [0, 0.05) is 18.8 Å². The number of nitrogens with one attached hydrogen (secondary N) is 1. The van der Waals surface area contributed by atoms with Crippen LogP contribution in [0.5, 0.6) is 11.6 Å². The third kappa shape index (κ3) is 4.23. The summed E-state index contributed by atoms with van der Waals surface area (Å²) >= 11 is 0. The van der Waals surface area contributed by atoms with Gasteiger partial charge in [0.15, 0.2) is 5.82 Å². The average molecular weight is 464 g/mol. The van der Waals surface area contributed by atoms with Crippen LogP contribution >= 0.6 is 0 Å². The van der Waals surface area contributed by atoms with Crippen LogP contribution in [0.4, 0.5) is 43.9 Å². The molecule has 1 heterocycles. The summed E-state index contributed by atoms with van der Waals surface area (Å²) in [5, 5.41) is 2.19. The van der Waals surface area contributed by atoms with E-state index in [0.29, 0.717) is 18.2 Å². The molecule has 0 saturated heterocycles. The van der Waals surface area contributed by atoms with Crippen molar-refractivity contribution in [3.8, 4) is 11.6 Å². The molecule has 0 aliphatic carbocycles. The van der Waals surface area contributed by atoms with Crippen LogP contribution in [-0.2, 0) is 5.92 Å². The molecular weight excluding hydrogens is 454 g/mol. The van der Waals surface area contributed by atoms with Gasteiger partial charge in [0.05, 0.1) is 5.56 Å². The first-order valence-corrected chi connectivity index (χ1v) is 7.92. The second-order valence-corrected chi connectivity index (χ2v) is 5.94. The summed E-state index contributed by atoms with van der Waals surface area (Å²) in [7, 11) is 1.26. The van der Waals surface area contributed by atoms with E-state index in [2.05, 4.69) is 10.3 Å². The minimum Gasteiger partial charge on any atom is -0.436 e. The Morgan fingerprint density at radius 1 is 0.935 bits per heavy atom. The molecule has 0 fully saturated rings. The smallest absolute Gasteiger partial charge is 0.436 e. The summed E-state index contributed by atoms with van der Waals surface area (Å²) in [6.07, 6.45) is -6.05. The van der Waals surface area contributed by atoms with Gasteiger partial charge in [-0.15, -0.1) is 0 Å². The fourth-order valence-corrected chi connectivity index (χ4v) is 2.17. The fourth-order valence-electron chi connectivity index (χ4n) is 2.17. The van der Waals surface area contributed by atoms with Crippen molar-refractivity contribution in [2.24, 2.45) is 0 Å². The van der Waals surface area contributed by atoms with Crippen molar-refractivity contribution in [1.82, 2.24) is 10.3 Å². The van der Waals surface area contributed by atoms with Crippen LogP contribution in [0.3, 0.4) is 0 Å². The Hall–Kier alpha value is -3.06. The molecule has 2 rings (SSSR count). The molecule has 0 radical (unpaired) electrons. The lowest BCUT2D eigenvalue weighted by Crippen LogP contribution is -2.59. The van der Waals surface area contributed by atoms with Gasteiger partial charge in [-0.05, 0) is 30.3 Å². The number of carbonyl (C=O) groups is 1. The Labute approximate surface area is 166 Å². The molecular formula is C17H10F10N2O2. The van der Waals surface area contributed by atoms with Gasteiger partial charge < -0.3 is 10.1 Å². The number of alkyl halides is 9. The van der Waals surface area contributed by atoms with E-state index in [1.54, 1.807) is 0 Å². The normalized spacial score (nSPS) is 13.1. The molecule has 4 nitrogen and oxygen atoms in total. The molecule has 1 N–H and O–H groups in total. The molecule has 1 aromatic carbocycles. The van der Waals surface area contributed by atoms with E-state index in [0.717, 1.165) is 6.20 Å². The zero-order valence-corrected chi connectivity index (χ0v) is 15.0. The predicted molar refractivity (Wildman–Crippen MR) is 83.9 cm³/mol. The minimum atomic E-state index is -7.03. The molecule has 0 aliphatic rings. The van der Waals surface area contributed by atoms with Crippen molar-refractivity contribution in [3.63, 3.8) is 0 Å². The van der Waals surface area contributed by atoms with E-state index in [4.69, 9.17) is 4.74 Å². The Morgan fingerprint density at radius 3 is 1.94 bits per heavy atom. The monoisotopic (exact) mass is 464 g/mol. The number of aromatic nitrogens is 1. The molecule has 0 atom stereocenters. The first-order valence-electron chi connectivity index (χ1n) is 7.92. The Kier molecular flexibility index (Phi) is 6.16. The van der Waals surface area contributed by atoms with Gasteiger partial charge in [0.1, 0.15) is 5.75 Å². The lowest BCUT2D eigenvalue weighted by molar-refractivity contribution is -0.399. The molecule has 0 unspecified atom stereocenters. The summed E-state index contributed by atoms with van der Waals surface area (Å²) < 4.78 is 136. The number of halogens is 10. The number of ether oxygens (including phenoxy) is 1. The minimum absolute atomic E-state index is 0.104. The predicted octanol–water partition coefficient (Wildman–Crippen LogP) is 5.30. The Balaban J connectivity index is 2.30. The van der Waals surface area contributed by atoms with Gasteiger partial charge in [0.2, 0.25) is 0 Å². The van der Waals surface area contributed by atoms with Gasteiger partial charge in [-0.2, -0.15) is 39.5 Å². The zero-order valence-electron chi connectivity index (χ0n) is 15.0. The number of amides is 1. The Morgan fingerprint density at radius 2 is 1.48 bits per heavy atom. The second-order valence-electron chi connectivity index (χ2n) is 5.94. The van der Waals surface area contributed by atoms with Crippen LogP contribution in [0.2, 0.25) is 0 Å². The van der Waals surface area contributed by atoms with E-state index in [1.165, 1.54) is 7.05 Å². The highest BCUT2D eigenvalue weighted by atomic mass is 19.4. The first kappa shape index (κ1) is 24.2. The number of carbonyl (C=O) groups excluding carboxylic acids is 1. The summed E-state index contributed by atoms with van der Waals surface area (Å²) in [4.78, 5) is 14.8. The van der Waals surface area contributed by atoms with Crippen molar-refractivity contribution in [2.75, 3.05) is 7.05 Å². The maximum atomic E-state index is 13.9. The lowest BCUT2D eigenvalue weighted by Gasteiger charge is -2.33. The molecule has 1 amide bonds. The number of nitrogens with zero attached hydrogens (tertiary/aromatic N) is 1. The van der Waals surface area contributed by atoms with E-state index < -0.39 is 52.9 Å². The number of hydrogen-bond acceptors (Lipinski definition) is 3. The maximum absolute atomic E-state index is 13.9. The fraction of sp³-hybridized carbons (Fsp3) is 0.294. The third-order valence-electron chi connectivity index (χ3n) is 3.87. The molecule has 0 aliphatic heterocycles. The van der Waals surface area contributed by atoms with Gasteiger partial charge in [0.25, 0.3) is 11.8 Å². The summed E-state index contributed by atoms with van der Waals surface area (Å²) in [5.74, 6) is -22.9. The molecule has 1 aromatic heterocycles. The number of rotatable bonds is 6. The van der Waals surface area contributed by atoms with Crippen molar-refractivity contribution in [3.05, 3.63) is 53.5 Å². The van der Waals surface area contributed by atoms with Gasteiger partial charge in [-0.25, -0.2) is 9.37 Å². The molecule has 0 spiro atoms. The van der Waals surface area contributed by atoms with Gasteiger partial charge in [-0.3, -0.25) is 4.79 Å². The van der Waals surface area contributed by atoms with E-state index >= 15 is 0 Å². The number of pyridine rings is 1. The van der Waals surface area contributed by atoms with Crippen LogP contribution in [0.15, 0.2) is 36.5 Å². The SMILES string of the molecule is CNC(=O)c1cnc(Oc2ccc(C(F)(F)C(F)(F)C(F)(F)C(F)(F)F)cc2)c(F)c1. The summed E-state index contributed by atoms with van der Waals surface area (Å²) in [6, 6.07) is 1.92. The van der Waals surface area contributed by atoms with Gasteiger partial charge >= 0.3 is 23.9 Å². The molecule has 0 bridgehead atoms. The standard InChI is InChI=1S/C17H10F10N2O2/c1-28-12(30)8-6-11(18)13(29-7-8)31-10-4-2-9(3-5-10)14(19,20)15(21,22)16(23,24)17(25,26)27/h2-7H,1H3,(H,28,30). The van der Waals surface area contributed by atoms with E-state index in [9.17, 15) is 48.7 Å². The average Bonchev–Trinajstić information content (AvgIpc) is 2.68. The van der Waals surface area contributed by atoms with Crippen molar-refractivity contribution in [2.45, 2.75) is 23.9 Å². The van der Waals surface area contributed by atoms with Crippen LogP contribution in [0.1, 0.15) is 15.9 Å². The maximum Gasteiger partial charge on any atom is 0.460 e. The van der Waals surface area contributed by atoms with Crippen molar-refractivity contribution >= 4 is 5.91 Å². The first-order chi connectivity index (χ1) is 14.1. The Bertz CT molecular complexity index is 958. The molecule has 2 aromatic rings. The summed E-state index contributed by atoms with van der Waals surface area (Å²) in [6.45, 7) is 0. The number of hydrogen-bond donors (Lipinski definition) is 1. The number of benzene rings is 1. The molecule has 170 valence electrons. The summed E-state index contributed by atoms with van der Waals surface area (Å²) in [5.41, 5.74) is -2.08. The molecule has 0 saturated carbocycles. The molecule has 31 heavy (non-hydrogen) atoms. The quantitative estimate of drug-likeness (QED) is 0.591. The van der Waals surface area contributed by atoms with E-state index in [-0.39, 0.29) is 17.7 Å². The lowest BCUT2D eigenvalue weighted by atomic mass is 9.97. The van der Waals surface area contributed by atoms with Crippen molar-refractivity contribution in [1.29, 1.82) is 0 Å². The van der Waals surface area contributed by atoms with Crippen LogP contribution in [-0.4, -0.2) is 36.0 Å². The zero-order chi connectivity index (χ0) is 23.8. The highest BCUT2D eigenvalue weighted by Gasteiger charge is 2.82. The largest absolute Gasteiger partial charge is 0.460 e. The van der Waals surface area contributed by atoms with Crippen LogP contribution in [0.25, 0.3) is 0 Å². The van der Waals surface area contributed by atoms with Crippen LogP contribution in [0, 0.1) is 5.82 Å². The highest BCUT2D eigenvalue weighted by Crippen LogP contribution is 2.56. The van der Waals surface area contributed by atoms with E-state index in [1.807, 2.05) is 0 Å². The second kappa shape index (κ2) is 7.89. The highest BCUT2D eigenvalue weighted by molar-refractivity contribution is 5.93. The van der Waals surface area contributed by atoms with Gasteiger partial charge in [-0.1, -0.05) is 0 Å². The molecule has 14 heteroatoms. The van der Waals surface area contributed by atoms with Crippen molar-refractivity contribution < 1.29 is 53.4 Å². The third-order valence-corrected chi connectivity index (χ3v) is 3.87. The topological polar surface area (TPSA) is 51.2 Å². The van der Waals surface area contributed by atoms with Crippen LogP contribution < -0.4 is 10.1 Å².